The molecule has 4 heterocycles. The first kappa shape index (κ1) is 32.5. The highest BCUT2D eigenvalue weighted by molar-refractivity contribution is 7.98. The fraction of sp³-hybridized carbons (Fsp3) is 0.353. The molecule has 2 aromatic carbocycles. The normalized spacial score (nSPS) is 16.2. The number of carbonyl (C=O) groups is 1. The third-order valence-electron chi connectivity index (χ3n) is 8.80. The molecule has 0 bridgehead atoms. The standard InChI is InChI=1S/C34H40FN9O2S/c1-5-32(45)38-27-21-28(30(46-3)22-29(27)43-14-11-25(12-15-43)42-18-16-41(2)17-19-42)37-31-20-26(10-13-36-31)44-33(39-40-34(44)47-4)23-6-8-24(35)9-7-23/h5-10,13,20-22,25H,1,11-12,14-19H2,2-4H3,(H,36,37)(H,38,45). The van der Waals surface area contributed by atoms with Crippen molar-refractivity contribution in [1.82, 2.24) is 29.5 Å². The first-order valence-electron chi connectivity index (χ1n) is 15.7. The fourth-order valence-electron chi connectivity index (χ4n) is 6.23. The Hall–Kier alpha value is -4.46. The van der Waals surface area contributed by atoms with E-state index in [-0.39, 0.29) is 11.7 Å². The largest absolute Gasteiger partial charge is 0.494 e. The molecule has 2 aromatic heterocycles. The van der Waals surface area contributed by atoms with Crippen LogP contribution >= 0.6 is 11.8 Å². The number of piperazine rings is 1. The summed E-state index contributed by atoms with van der Waals surface area (Å²) in [6.45, 7) is 9.83. The summed E-state index contributed by atoms with van der Waals surface area (Å²) in [6.07, 6.45) is 7.00. The van der Waals surface area contributed by atoms with Crippen molar-refractivity contribution >= 4 is 40.5 Å². The van der Waals surface area contributed by atoms with Crippen molar-refractivity contribution in [1.29, 1.82) is 0 Å². The van der Waals surface area contributed by atoms with E-state index >= 15 is 0 Å². The summed E-state index contributed by atoms with van der Waals surface area (Å²) in [5, 5.41) is 15.8. The van der Waals surface area contributed by atoms with Crippen molar-refractivity contribution in [2.24, 2.45) is 0 Å². The van der Waals surface area contributed by atoms with Crippen LogP contribution in [0.25, 0.3) is 17.1 Å². The summed E-state index contributed by atoms with van der Waals surface area (Å²) >= 11 is 1.45. The average molecular weight is 658 g/mol. The number of piperidine rings is 1. The number of likely N-dealkylation sites (N-methyl/N-ethyl adjacent to an activating group) is 1. The maximum atomic E-state index is 13.7. The minimum atomic E-state index is -0.320. The van der Waals surface area contributed by atoms with Crippen molar-refractivity contribution in [3.63, 3.8) is 0 Å². The van der Waals surface area contributed by atoms with Gasteiger partial charge in [0.1, 0.15) is 17.4 Å². The molecule has 2 saturated heterocycles. The van der Waals surface area contributed by atoms with Gasteiger partial charge in [0.05, 0.1) is 29.9 Å². The molecular weight excluding hydrogens is 618 g/mol. The molecule has 2 aliphatic heterocycles. The summed E-state index contributed by atoms with van der Waals surface area (Å²) in [6, 6.07) is 14.3. The Morgan fingerprint density at radius 2 is 1.77 bits per heavy atom. The monoisotopic (exact) mass is 657 g/mol. The van der Waals surface area contributed by atoms with Crippen LogP contribution in [0.2, 0.25) is 0 Å². The van der Waals surface area contributed by atoms with Gasteiger partial charge in [-0.05, 0) is 68.6 Å². The predicted molar refractivity (Wildman–Crippen MR) is 186 cm³/mol. The lowest BCUT2D eigenvalue weighted by atomic mass is 10.0. The Balaban J connectivity index is 1.28. The number of anilines is 4. The number of hydrogen-bond donors (Lipinski definition) is 2. The topological polar surface area (TPSA) is 104 Å². The molecule has 47 heavy (non-hydrogen) atoms. The minimum absolute atomic E-state index is 0.291. The molecule has 0 saturated carbocycles. The maximum Gasteiger partial charge on any atom is 0.247 e. The molecule has 2 N–H and O–H groups in total. The lowest BCUT2D eigenvalue weighted by molar-refractivity contribution is -0.111. The summed E-state index contributed by atoms with van der Waals surface area (Å²) in [4.78, 5) is 24.5. The van der Waals surface area contributed by atoms with E-state index in [1.807, 2.05) is 35.1 Å². The second-order valence-corrected chi connectivity index (χ2v) is 12.5. The molecule has 6 rings (SSSR count). The molecular formula is C34H40FN9O2S. The van der Waals surface area contributed by atoms with E-state index in [1.165, 1.54) is 30.0 Å². The number of rotatable bonds is 10. The summed E-state index contributed by atoms with van der Waals surface area (Å²) < 4.78 is 21.4. The van der Waals surface area contributed by atoms with Gasteiger partial charge in [0, 0.05) is 69.2 Å². The maximum absolute atomic E-state index is 13.7. The Labute approximate surface area is 278 Å². The van der Waals surface area contributed by atoms with Gasteiger partial charge in [-0.15, -0.1) is 10.2 Å². The zero-order chi connectivity index (χ0) is 32.9. The Morgan fingerprint density at radius 3 is 2.45 bits per heavy atom. The number of aromatic nitrogens is 4. The third kappa shape index (κ3) is 7.27. The van der Waals surface area contributed by atoms with Crippen LogP contribution in [0.1, 0.15) is 12.8 Å². The lowest BCUT2D eigenvalue weighted by Crippen LogP contribution is -2.52. The highest BCUT2D eigenvalue weighted by Crippen LogP contribution is 2.40. The number of pyridine rings is 1. The molecule has 246 valence electrons. The van der Waals surface area contributed by atoms with Crippen molar-refractivity contribution < 1.29 is 13.9 Å². The van der Waals surface area contributed by atoms with E-state index in [0.29, 0.717) is 40.0 Å². The molecule has 11 nitrogen and oxygen atoms in total. The molecule has 2 fully saturated rings. The molecule has 13 heteroatoms. The number of ether oxygens (including phenoxy) is 1. The molecule has 0 atom stereocenters. The summed E-state index contributed by atoms with van der Waals surface area (Å²) in [5.74, 6) is 1.14. The van der Waals surface area contributed by atoms with Crippen LogP contribution in [-0.4, -0.2) is 101 Å². The van der Waals surface area contributed by atoms with E-state index in [4.69, 9.17) is 4.74 Å². The Kier molecular flexibility index (Phi) is 10.0. The van der Waals surface area contributed by atoms with Crippen molar-refractivity contribution in [2.45, 2.75) is 24.0 Å². The summed E-state index contributed by atoms with van der Waals surface area (Å²) in [7, 11) is 3.81. The number of nitrogens with zero attached hydrogens (tertiary/aromatic N) is 7. The van der Waals surface area contributed by atoms with E-state index < -0.39 is 0 Å². The van der Waals surface area contributed by atoms with Gasteiger partial charge in [0.25, 0.3) is 0 Å². The van der Waals surface area contributed by atoms with Crippen LogP contribution in [0, 0.1) is 5.82 Å². The lowest BCUT2D eigenvalue weighted by Gasteiger charge is -2.43. The van der Waals surface area contributed by atoms with Crippen LogP contribution in [0.3, 0.4) is 0 Å². The average Bonchev–Trinajstić information content (AvgIpc) is 3.54. The Bertz CT molecular complexity index is 1720. The van der Waals surface area contributed by atoms with Crippen LogP contribution < -0.4 is 20.3 Å². The van der Waals surface area contributed by atoms with E-state index in [0.717, 1.165) is 69.0 Å². The van der Waals surface area contributed by atoms with Gasteiger partial charge in [-0.2, -0.15) is 0 Å². The molecule has 0 unspecified atom stereocenters. The first-order chi connectivity index (χ1) is 22.9. The van der Waals surface area contributed by atoms with Crippen molar-refractivity contribution in [3.05, 3.63) is 73.2 Å². The van der Waals surface area contributed by atoms with Gasteiger partial charge >= 0.3 is 0 Å². The van der Waals surface area contributed by atoms with Crippen LogP contribution in [0.4, 0.5) is 27.3 Å². The molecule has 0 aliphatic carbocycles. The van der Waals surface area contributed by atoms with Crippen LogP contribution in [-0.2, 0) is 4.79 Å². The SMILES string of the molecule is C=CC(=O)Nc1cc(Nc2cc(-n3c(SC)nnc3-c3ccc(F)cc3)ccn2)c(OC)cc1N1CCC(N2CCN(C)CC2)CC1. The highest BCUT2D eigenvalue weighted by Gasteiger charge is 2.28. The number of thioether (sulfide) groups is 1. The molecule has 2 aliphatic rings. The number of hydrogen-bond acceptors (Lipinski definition) is 10. The molecule has 1 amide bonds. The number of nitrogens with one attached hydrogen (secondary N) is 2. The van der Waals surface area contributed by atoms with Crippen molar-refractivity contribution in [3.8, 4) is 22.8 Å². The van der Waals surface area contributed by atoms with Gasteiger partial charge in [0.2, 0.25) is 5.91 Å². The highest BCUT2D eigenvalue weighted by atomic mass is 32.2. The molecule has 4 aromatic rings. The Morgan fingerprint density at radius 1 is 1.02 bits per heavy atom. The van der Waals surface area contributed by atoms with E-state index in [9.17, 15) is 9.18 Å². The number of carbonyl (C=O) groups excluding carboxylic acids is 1. The van der Waals surface area contributed by atoms with Gasteiger partial charge in [-0.1, -0.05) is 18.3 Å². The fourth-order valence-corrected chi connectivity index (χ4v) is 6.72. The third-order valence-corrected chi connectivity index (χ3v) is 9.43. The number of halogens is 1. The number of amides is 1. The zero-order valence-corrected chi connectivity index (χ0v) is 27.8. The zero-order valence-electron chi connectivity index (χ0n) is 26.9. The van der Waals surface area contributed by atoms with E-state index in [2.05, 4.69) is 54.1 Å². The van der Waals surface area contributed by atoms with Gasteiger partial charge in [-0.3, -0.25) is 14.3 Å². The first-order valence-corrected chi connectivity index (χ1v) is 16.9. The van der Waals surface area contributed by atoms with Crippen LogP contribution in [0.15, 0.2) is 72.5 Å². The number of methoxy groups -OCH3 is 1. The number of benzene rings is 2. The second kappa shape index (κ2) is 14.5. The smallest absolute Gasteiger partial charge is 0.247 e. The quantitative estimate of drug-likeness (QED) is 0.173. The van der Waals surface area contributed by atoms with Crippen LogP contribution in [0.5, 0.6) is 5.75 Å². The molecule has 0 spiro atoms. The van der Waals surface area contributed by atoms with Gasteiger partial charge < -0.3 is 25.2 Å². The predicted octanol–water partition coefficient (Wildman–Crippen LogP) is 5.28. The van der Waals surface area contributed by atoms with E-state index in [1.54, 1.807) is 25.4 Å². The summed E-state index contributed by atoms with van der Waals surface area (Å²) in [5.41, 5.74) is 3.71. The second-order valence-electron chi connectivity index (χ2n) is 11.7. The minimum Gasteiger partial charge on any atom is -0.494 e. The van der Waals surface area contributed by atoms with Gasteiger partial charge in [-0.25, -0.2) is 9.37 Å². The van der Waals surface area contributed by atoms with Crippen molar-refractivity contribution in [2.75, 3.05) is 75.2 Å². The van der Waals surface area contributed by atoms with Gasteiger partial charge in [0.15, 0.2) is 11.0 Å². The molecule has 0 radical (unpaired) electrons.